The lowest BCUT2D eigenvalue weighted by Gasteiger charge is -2.40. The molecule has 0 radical (unpaired) electrons. The first-order valence-corrected chi connectivity index (χ1v) is 8.91. The third kappa shape index (κ3) is 4.38. The molecule has 0 N–H and O–H groups in total. The second-order valence-electron chi connectivity index (χ2n) is 7.23. The molecule has 2 aromatic rings. The van der Waals surface area contributed by atoms with E-state index in [0.29, 0.717) is 6.61 Å². The molecule has 0 spiro atoms. The molecule has 1 aliphatic rings. The summed E-state index contributed by atoms with van der Waals surface area (Å²) in [7, 11) is 4.22. The molecule has 3 rings (SSSR count). The number of rotatable bonds is 4. The summed E-state index contributed by atoms with van der Waals surface area (Å²) in [5.74, 6) is 0. The minimum Gasteiger partial charge on any atom is -0.365 e. The molecular weight excluding hydrogens is 353 g/mol. The molecule has 0 aromatic heterocycles. The van der Waals surface area contributed by atoms with E-state index in [-0.39, 0.29) is 18.0 Å². The van der Waals surface area contributed by atoms with E-state index in [4.69, 9.17) is 16.3 Å². The summed E-state index contributed by atoms with van der Waals surface area (Å²) in [4.78, 5) is 2.22. The van der Waals surface area contributed by atoms with Crippen LogP contribution in [-0.4, -0.2) is 25.5 Å². The van der Waals surface area contributed by atoms with Crippen molar-refractivity contribution < 1.29 is 4.74 Å². The smallest absolute Gasteiger partial charge is 0.0988 e. The first-order chi connectivity index (χ1) is 11.4. The largest absolute Gasteiger partial charge is 0.365 e. The topological polar surface area (TPSA) is 12.5 Å². The molecule has 0 saturated carbocycles. The summed E-state index contributed by atoms with van der Waals surface area (Å²) in [6.07, 6.45) is 1.88. The third-order valence-corrected chi connectivity index (χ3v) is 5.38. The van der Waals surface area contributed by atoms with Crippen molar-refractivity contribution in [2.75, 3.05) is 20.6 Å². The highest BCUT2D eigenvalue weighted by molar-refractivity contribution is 6.30. The third-order valence-electron chi connectivity index (χ3n) is 5.13. The monoisotopic (exact) mass is 379 g/mol. The van der Waals surface area contributed by atoms with Gasteiger partial charge < -0.3 is 9.64 Å². The molecule has 1 unspecified atom stereocenters. The molecule has 0 amide bonds. The maximum absolute atomic E-state index is 6.49. The Morgan fingerprint density at radius 3 is 2.24 bits per heavy atom. The fourth-order valence-corrected chi connectivity index (χ4v) is 3.58. The predicted octanol–water partition coefficient (Wildman–Crippen LogP) is 5.30. The number of aryl methyl sites for hydroxylation is 2. The van der Waals surface area contributed by atoms with Gasteiger partial charge in [0.05, 0.1) is 12.2 Å². The molecule has 0 fully saturated rings. The van der Waals surface area contributed by atoms with E-state index in [9.17, 15) is 0 Å². The summed E-state index contributed by atoms with van der Waals surface area (Å²) in [5.41, 5.74) is 6.38. The average molecular weight is 380 g/mol. The van der Waals surface area contributed by atoms with Crippen molar-refractivity contribution in [3.05, 3.63) is 69.2 Å². The number of hydrogen-bond donors (Lipinski definition) is 0. The van der Waals surface area contributed by atoms with Gasteiger partial charge in [0.15, 0.2) is 0 Å². The van der Waals surface area contributed by atoms with Crippen LogP contribution in [0.1, 0.15) is 34.2 Å². The van der Waals surface area contributed by atoms with Crippen LogP contribution in [-0.2, 0) is 23.4 Å². The zero-order chi connectivity index (χ0) is 17.3. The lowest BCUT2D eigenvalue weighted by atomic mass is 9.80. The van der Waals surface area contributed by atoms with Crippen LogP contribution in [0.5, 0.6) is 0 Å². The lowest BCUT2D eigenvalue weighted by Crippen LogP contribution is -2.38. The Balaban J connectivity index is 0.00000225. The molecule has 2 aromatic carbocycles. The van der Waals surface area contributed by atoms with E-state index >= 15 is 0 Å². The molecule has 4 heteroatoms. The lowest BCUT2D eigenvalue weighted by molar-refractivity contribution is -0.0818. The number of halogens is 2. The maximum Gasteiger partial charge on any atom is 0.0988 e. The Bertz CT molecular complexity index is 727. The van der Waals surface area contributed by atoms with Gasteiger partial charge in [-0.3, -0.25) is 0 Å². The number of nitrogens with zero attached hydrogens (tertiary/aromatic N) is 1. The van der Waals surface area contributed by atoms with E-state index in [1.54, 1.807) is 0 Å². The van der Waals surface area contributed by atoms with Crippen LogP contribution >= 0.6 is 24.0 Å². The second-order valence-corrected chi connectivity index (χ2v) is 7.66. The van der Waals surface area contributed by atoms with Crippen molar-refractivity contribution in [1.29, 1.82) is 0 Å². The number of benzene rings is 2. The number of hydrogen-bond acceptors (Lipinski definition) is 2. The van der Waals surface area contributed by atoms with Gasteiger partial charge in [0.1, 0.15) is 0 Å². The van der Waals surface area contributed by atoms with Gasteiger partial charge in [-0.15, -0.1) is 12.4 Å². The van der Waals surface area contributed by atoms with Gasteiger partial charge in [-0.05, 0) is 74.3 Å². The molecule has 0 bridgehead atoms. The fourth-order valence-electron chi connectivity index (χ4n) is 3.46. The van der Waals surface area contributed by atoms with Crippen molar-refractivity contribution in [3.8, 4) is 0 Å². The van der Waals surface area contributed by atoms with Crippen LogP contribution in [0.25, 0.3) is 0 Å². The number of fused-ring (bicyclic) bond motifs is 1. The fraction of sp³-hybridized carbons (Fsp3) is 0.429. The Hall–Kier alpha value is -1.06. The molecule has 0 aliphatic carbocycles. The molecule has 2 nitrogen and oxygen atoms in total. The highest BCUT2D eigenvalue weighted by atomic mass is 35.5. The van der Waals surface area contributed by atoms with Crippen molar-refractivity contribution in [2.24, 2.45) is 0 Å². The van der Waals surface area contributed by atoms with E-state index in [1.807, 2.05) is 12.1 Å². The highest BCUT2D eigenvalue weighted by Gasteiger charge is 2.37. The minimum absolute atomic E-state index is 0. The van der Waals surface area contributed by atoms with E-state index in [1.165, 1.54) is 27.8 Å². The van der Waals surface area contributed by atoms with Crippen LogP contribution in [0.15, 0.2) is 36.4 Å². The summed E-state index contributed by atoms with van der Waals surface area (Å²) in [6, 6.07) is 12.8. The zero-order valence-corrected chi connectivity index (χ0v) is 17.0. The second kappa shape index (κ2) is 8.09. The zero-order valence-electron chi connectivity index (χ0n) is 15.4. The first kappa shape index (κ1) is 20.3. The number of ether oxygens (including phenoxy) is 1. The van der Waals surface area contributed by atoms with E-state index in [0.717, 1.165) is 24.4 Å². The molecule has 25 heavy (non-hydrogen) atoms. The van der Waals surface area contributed by atoms with Crippen LogP contribution in [0.3, 0.4) is 0 Å². The maximum atomic E-state index is 6.49. The predicted molar refractivity (Wildman–Crippen MR) is 108 cm³/mol. The molecule has 0 saturated heterocycles. The summed E-state index contributed by atoms with van der Waals surface area (Å²) < 4.78 is 6.49. The summed E-state index contributed by atoms with van der Waals surface area (Å²) >= 11 is 6.09. The van der Waals surface area contributed by atoms with Gasteiger partial charge in [-0.2, -0.15) is 0 Å². The van der Waals surface area contributed by atoms with Gasteiger partial charge in [0.25, 0.3) is 0 Å². The summed E-state index contributed by atoms with van der Waals surface area (Å²) in [6.45, 7) is 6.02. The van der Waals surface area contributed by atoms with Crippen molar-refractivity contribution in [3.63, 3.8) is 0 Å². The highest BCUT2D eigenvalue weighted by Crippen LogP contribution is 2.40. The van der Waals surface area contributed by atoms with Gasteiger partial charge in [-0.1, -0.05) is 35.9 Å². The molecule has 136 valence electrons. The molecular formula is C21H27Cl2NO. The van der Waals surface area contributed by atoms with Gasteiger partial charge in [-0.25, -0.2) is 0 Å². The Morgan fingerprint density at radius 2 is 1.64 bits per heavy atom. The molecule has 1 atom stereocenters. The minimum atomic E-state index is -0.274. The molecule has 1 heterocycles. The van der Waals surface area contributed by atoms with Crippen molar-refractivity contribution in [1.82, 2.24) is 4.90 Å². The van der Waals surface area contributed by atoms with Crippen LogP contribution in [0.4, 0.5) is 0 Å². The van der Waals surface area contributed by atoms with E-state index in [2.05, 4.69) is 57.1 Å². The van der Waals surface area contributed by atoms with Gasteiger partial charge in [0.2, 0.25) is 0 Å². The van der Waals surface area contributed by atoms with Gasteiger partial charge >= 0.3 is 0 Å². The van der Waals surface area contributed by atoms with Crippen molar-refractivity contribution in [2.45, 2.75) is 38.9 Å². The Kier molecular flexibility index (Phi) is 6.56. The summed E-state index contributed by atoms with van der Waals surface area (Å²) in [5, 5.41) is 0.768. The van der Waals surface area contributed by atoms with Crippen LogP contribution in [0, 0.1) is 13.8 Å². The standard InChI is InChI=1S/C21H26ClNO.ClH/c1-15-11-17-13-21(9-10-23(3)4,19-5-7-20(22)8-6-19)24-14-18(17)12-16(15)2;/h5-8,11-12H,9-10,13-14H2,1-4H3;1H. The molecule has 1 aliphatic heterocycles. The SMILES string of the molecule is Cc1cc2c(cc1C)CC(CCN(C)C)(c1ccc(Cl)cc1)OC2.Cl. The van der Waals surface area contributed by atoms with Crippen molar-refractivity contribution >= 4 is 24.0 Å². The van der Waals surface area contributed by atoms with E-state index < -0.39 is 0 Å². The quantitative estimate of drug-likeness (QED) is 0.714. The normalized spacial score (nSPS) is 19.4. The van der Waals surface area contributed by atoms with Crippen LogP contribution in [0.2, 0.25) is 5.02 Å². The average Bonchev–Trinajstić information content (AvgIpc) is 2.55. The Morgan fingerprint density at radius 1 is 1.04 bits per heavy atom. The van der Waals surface area contributed by atoms with Gasteiger partial charge in [0, 0.05) is 18.0 Å². The Labute approximate surface area is 162 Å². The van der Waals surface area contributed by atoms with Crippen LogP contribution < -0.4 is 0 Å². The first-order valence-electron chi connectivity index (χ1n) is 8.53.